The van der Waals surface area contributed by atoms with E-state index < -0.39 is 5.97 Å². The number of ether oxygens (including phenoxy) is 1. The monoisotopic (exact) mass is 280 g/mol. The van der Waals surface area contributed by atoms with Crippen molar-refractivity contribution in [3.8, 4) is 5.75 Å². The molecule has 0 radical (unpaired) electrons. The first-order chi connectivity index (χ1) is 10.1. The molecule has 0 fully saturated rings. The second-order valence-corrected chi connectivity index (χ2v) is 4.61. The van der Waals surface area contributed by atoms with Crippen LogP contribution in [0, 0.1) is 0 Å². The molecule has 4 heteroatoms. The summed E-state index contributed by atoms with van der Waals surface area (Å²) in [4.78, 5) is 23.4. The summed E-state index contributed by atoms with van der Waals surface area (Å²) in [6.45, 7) is 1.49. The quantitative estimate of drug-likeness (QED) is 0.415. The fourth-order valence-corrected chi connectivity index (χ4v) is 2.09. The Kier molecular flexibility index (Phi) is 3.28. The van der Waals surface area contributed by atoms with Crippen molar-refractivity contribution < 1.29 is 18.7 Å². The first kappa shape index (κ1) is 13.1. The van der Waals surface area contributed by atoms with Crippen molar-refractivity contribution in [2.45, 2.75) is 6.92 Å². The van der Waals surface area contributed by atoms with Crippen LogP contribution >= 0.6 is 0 Å². The lowest BCUT2D eigenvalue weighted by Crippen LogP contribution is -2.08. The predicted octanol–water partition coefficient (Wildman–Crippen LogP) is 3.85. The van der Waals surface area contributed by atoms with E-state index in [0.29, 0.717) is 27.8 Å². The Balaban J connectivity index is 1.86. The van der Waals surface area contributed by atoms with Crippen molar-refractivity contribution in [1.82, 2.24) is 0 Å². The predicted molar refractivity (Wildman–Crippen MR) is 77.6 cm³/mol. The third kappa shape index (κ3) is 2.56. The molecule has 0 aliphatic rings. The average molecular weight is 280 g/mol. The molecule has 3 aromatic rings. The van der Waals surface area contributed by atoms with Gasteiger partial charge in [-0.2, -0.15) is 0 Å². The molecule has 0 aliphatic carbocycles. The minimum atomic E-state index is -0.461. The van der Waals surface area contributed by atoms with Crippen molar-refractivity contribution in [2.75, 3.05) is 0 Å². The zero-order chi connectivity index (χ0) is 14.8. The normalized spacial score (nSPS) is 10.5. The Hall–Kier alpha value is -2.88. The topological polar surface area (TPSA) is 56.5 Å². The average Bonchev–Trinajstić information content (AvgIpc) is 2.96. The lowest BCUT2D eigenvalue weighted by molar-refractivity contribution is 0.0736. The molecule has 104 valence electrons. The molecule has 0 N–H and O–H groups in total. The Morgan fingerprint density at radius 1 is 1.00 bits per heavy atom. The molecule has 4 nitrogen and oxygen atoms in total. The molecule has 0 saturated heterocycles. The molecule has 3 rings (SSSR count). The maximum absolute atomic E-state index is 12.2. The summed E-state index contributed by atoms with van der Waals surface area (Å²) in [5, 5.41) is 0.711. The van der Waals surface area contributed by atoms with Crippen molar-refractivity contribution in [3.63, 3.8) is 0 Å². The fraction of sp³-hybridized carbons (Fsp3) is 0.0588. The van der Waals surface area contributed by atoms with Crippen LogP contribution in [-0.2, 0) is 0 Å². The van der Waals surface area contributed by atoms with E-state index >= 15 is 0 Å². The van der Waals surface area contributed by atoms with E-state index in [1.165, 1.54) is 13.2 Å². The largest absolute Gasteiger partial charge is 0.464 e. The first-order valence-electron chi connectivity index (χ1n) is 6.44. The third-order valence-corrected chi connectivity index (χ3v) is 3.19. The number of esters is 1. The van der Waals surface area contributed by atoms with Gasteiger partial charge in [0.2, 0.25) is 0 Å². The Morgan fingerprint density at radius 3 is 2.48 bits per heavy atom. The van der Waals surface area contributed by atoms with Crippen LogP contribution in [0.5, 0.6) is 5.75 Å². The van der Waals surface area contributed by atoms with E-state index in [4.69, 9.17) is 9.15 Å². The molecule has 0 spiro atoms. The maximum Gasteiger partial charge on any atom is 0.344 e. The third-order valence-electron chi connectivity index (χ3n) is 3.19. The highest BCUT2D eigenvalue weighted by atomic mass is 16.5. The summed E-state index contributed by atoms with van der Waals surface area (Å²) < 4.78 is 10.6. The Labute approximate surface area is 120 Å². The van der Waals surface area contributed by atoms with Crippen molar-refractivity contribution in [2.24, 2.45) is 0 Å². The molecule has 0 saturated carbocycles. The van der Waals surface area contributed by atoms with Crippen molar-refractivity contribution in [1.29, 1.82) is 0 Å². The van der Waals surface area contributed by atoms with Gasteiger partial charge in [0.25, 0.3) is 0 Å². The molecule has 0 bridgehead atoms. The lowest BCUT2D eigenvalue weighted by atomic mass is 10.1. The number of carbonyl (C=O) groups is 2. The van der Waals surface area contributed by atoms with Gasteiger partial charge in [-0.3, -0.25) is 4.79 Å². The number of furan rings is 1. The summed E-state index contributed by atoms with van der Waals surface area (Å²) in [5.41, 5.74) is 1.65. The molecule has 1 aromatic heterocycles. The number of hydrogen-bond donors (Lipinski definition) is 0. The van der Waals surface area contributed by atoms with E-state index in [2.05, 4.69) is 0 Å². The van der Waals surface area contributed by atoms with Crippen LogP contribution in [0.15, 0.2) is 59.2 Å². The number of hydrogen-bond acceptors (Lipinski definition) is 4. The molecule has 0 amide bonds. The van der Waals surface area contributed by atoms with Gasteiger partial charge in [-0.25, -0.2) is 4.79 Å². The summed E-state index contributed by atoms with van der Waals surface area (Å²) in [7, 11) is 0. The van der Waals surface area contributed by atoms with Crippen molar-refractivity contribution >= 4 is 22.7 Å². The van der Waals surface area contributed by atoms with Crippen LogP contribution in [0.3, 0.4) is 0 Å². The van der Waals surface area contributed by atoms with Crippen LogP contribution in [-0.4, -0.2) is 11.8 Å². The molecule has 1 heterocycles. The highest BCUT2D eigenvalue weighted by Crippen LogP contribution is 2.22. The smallest absolute Gasteiger partial charge is 0.344 e. The lowest BCUT2D eigenvalue weighted by Gasteiger charge is -2.05. The molecule has 0 unspecified atom stereocenters. The Morgan fingerprint density at radius 2 is 1.76 bits per heavy atom. The summed E-state index contributed by atoms with van der Waals surface area (Å²) in [5.74, 6) is -0.0980. The molecule has 2 aromatic carbocycles. The number of Topliss-reactive ketones (excluding diaryl/α,β-unsaturated/α-hetero) is 1. The van der Waals surface area contributed by atoms with E-state index in [-0.39, 0.29) is 5.78 Å². The minimum absolute atomic E-state index is 0.0314. The van der Waals surface area contributed by atoms with Gasteiger partial charge in [0, 0.05) is 10.9 Å². The number of carbonyl (C=O) groups excluding carboxylic acids is 2. The minimum Gasteiger partial charge on any atom is -0.464 e. The fourth-order valence-electron chi connectivity index (χ4n) is 2.09. The Bertz CT molecular complexity index is 812. The van der Waals surface area contributed by atoms with Gasteiger partial charge in [-0.1, -0.05) is 6.07 Å². The van der Waals surface area contributed by atoms with Gasteiger partial charge < -0.3 is 9.15 Å². The SMILES string of the molecule is CC(=O)c1ccc(OC(=O)c2cccc3occc23)cc1. The second-order valence-electron chi connectivity index (χ2n) is 4.61. The highest BCUT2D eigenvalue weighted by molar-refractivity contribution is 6.04. The number of benzene rings is 2. The van der Waals surface area contributed by atoms with Gasteiger partial charge in [-0.15, -0.1) is 0 Å². The molecular weight excluding hydrogens is 268 g/mol. The van der Waals surface area contributed by atoms with E-state index in [1.54, 1.807) is 48.5 Å². The van der Waals surface area contributed by atoms with E-state index in [1.807, 2.05) is 0 Å². The number of ketones is 1. The zero-order valence-electron chi connectivity index (χ0n) is 11.3. The molecule has 0 atom stereocenters. The van der Waals surface area contributed by atoms with Gasteiger partial charge >= 0.3 is 5.97 Å². The van der Waals surface area contributed by atoms with Crippen LogP contribution in [0.1, 0.15) is 27.6 Å². The standard InChI is InChI=1S/C17H12O4/c1-11(18)12-5-7-13(8-6-12)21-17(19)15-3-2-4-16-14(15)9-10-20-16/h2-10H,1H3. The molecular formula is C17H12O4. The van der Waals surface area contributed by atoms with Crippen LogP contribution in [0.2, 0.25) is 0 Å². The van der Waals surface area contributed by atoms with Crippen LogP contribution in [0.25, 0.3) is 11.0 Å². The molecule has 0 aliphatic heterocycles. The number of fused-ring (bicyclic) bond motifs is 1. The maximum atomic E-state index is 12.2. The van der Waals surface area contributed by atoms with Gasteiger partial charge in [0.1, 0.15) is 11.3 Å². The number of rotatable bonds is 3. The van der Waals surface area contributed by atoms with Crippen LogP contribution < -0.4 is 4.74 Å². The summed E-state index contributed by atoms with van der Waals surface area (Å²) >= 11 is 0. The zero-order valence-corrected chi connectivity index (χ0v) is 11.3. The molecule has 21 heavy (non-hydrogen) atoms. The highest BCUT2D eigenvalue weighted by Gasteiger charge is 2.13. The first-order valence-corrected chi connectivity index (χ1v) is 6.44. The van der Waals surface area contributed by atoms with Gasteiger partial charge in [0.05, 0.1) is 11.8 Å². The summed E-state index contributed by atoms with van der Waals surface area (Å²) in [6.07, 6.45) is 1.53. The van der Waals surface area contributed by atoms with E-state index in [0.717, 1.165) is 0 Å². The van der Waals surface area contributed by atoms with Gasteiger partial charge in [-0.05, 0) is 49.4 Å². The van der Waals surface area contributed by atoms with Crippen molar-refractivity contribution in [3.05, 3.63) is 65.9 Å². The van der Waals surface area contributed by atoms with Crippen LogP contribution in [0.4, 0.5) is 0 Å². The summed E-state index contributed by atoms with van der Waals surface area (Å²) in [6, 6.07) is 13.4. The van der Waals surface area contributed by atoms with Gasteiger partial charge in [0.15, 0.2) is 5.78 Å². The second kappa shape index (κ2) is 5.25. The van der Waals surface area contributed by atoms with E-state index in [9.17, 15) is 9.59 Å².